The van der Waals surface area contributed by atoms with Gasteiger partial charge in [0.25, 0.3) is 5.88 Å². The van der Waals surface area contributed by atoms with E-state index in [1.54, 1.807) is 25.3 Å². The van der Waals surface area contributed by atoms with Gasteiger partial charge in [0.05, 0.1) is 12.1 Å². The van der Waals surface area contributed by atoms with E-state index >= 15 is 0 Å². The van der Waals surface area contributed by atoms with Crippen LogP contribution in [0.3, 0.4) is 0 Å². The van der Waals surface area contributed by atoms with Crippen LogP contribution in [0.15, 0.2) is 24.3 Å². The fraction of sp³-hybridized carbons (Fsp3) is 0.231. The topological polar surface area (TPSA) is 94.7 Å². The lowest BCUT2D eigenvalue weighted by Gasteiger charge is -2.08. The molecule has 0 bridgehead atoms. The molecule has 2 rings (SSSR count). The number of hydrogen-bond acceptors (Lipinski definition) is 5. The van der Waals surface area contributed by atoms with Crippen molar-refractivity contribution in [3.05, 3.63) is 29.8 Å². The number of primary amides is 1. The van der Waals surface area contributed by atoms with Gasteiger partial charge in [-0.2, -0.15) is 0 Å². The average Bonchev–Trinajstić information content (AvgIpc) is 2.39. The highest BCUT2D eigenvalue weighted by molar-refractivity contribution is 5.97. The molecule has 0 saturated heterocycles. The van der Waals surface area contributed by atoms with Gasteiger partial charge in [-0.1, -0.05) is 0 Å². The number of carbonyl (C=O) groups is 1. The summed E-state index contributed by atoms with van der Waals surface area (Å²) in [5, 5.41) is 10.4. The minimum Gasteiger partial charge on any atom is -0.503 e. The first-order valence-corrected chi connectivity index (χ1v) is 5.67. The number of nitrogens with zero attached hydrogens (tertiary/aromatic N) is 1. The van der Waals surface area contributed by atoms with Gasteiger partial charge in [0, 0.05) is 18.1 Å². The van der Waals surface area contributed by atoms with Crippen LogP contribution in [0.25, 0.3) is 10.9 Å². The first-order chi connectivity index (χ1) is 9.11. The van der Waals surface area contributed by atoms with Crippen LogP contribution >= 0.6 is 0 Å². The van der Waals surface area contributed by atoms with Crippen LogP contribution in [0.2, 0.25) is 0 Å². The van der Waals surface area contributed by atoms with Crippen molar-refractivity contribution in [1.29, 1.82) is 0 Å². The molecule has 100 valence electrons. The number of nitrogens with two attached hydrogens (primary N) is 1. The monoisotopic (exact) mass is 262 g/mol. The van der Waals surface area contributed by atoms with Crippen molar-refractivity contribution in [2.24, 2.45) is 5.73 Å². The molecule has 6 heteroatoms. The van der Waals surface area contributed by atoms with Crippen LogP contribution in [-0.2, 0) is 4.74 Å². The van der Waals surface area contributed by atoms with Crippen molar-refractivity contribution in [1.82, 2.24) is 4.98 Å². The Morgan fingerprint density at radius 2 is 2.16 bits per heavy atom. The summed E-state index contributed by atoms with van der Waals surface area (Å²) < 4.78 is 10.1. The Labute approximate surface area is 109 Å². The largest absolute Gasteiger partial charge is 0.503 e. The lowest BCUT2D eigenvalue weighted by molar-refractivity contribution is 0.100. The van der Waals surface area contributed by atoms with Crippen molar-refractivity contribution in [3.8, 4) is 11.6 Å². The molecule has 0 aliphatic heterocycles. The Morgan fingerprint density at radius 1 is 1.37 bits per heavy atom. The molecule has 0 radical (unpaired) electrons. The second-order valence-corrected chi connectivity index (χ2v) is 3.93. The molecular formula is C13H14N2O4. The number of aromatic hydroxyl groups is 1. The Balaban J connectivity index is 2.35. The highest BCUT2D eigenvalue weighted by Crippen LogP contribution is 2.28. The normalized spacial score (nSPS) is 10.6. The van der Waals surface area contributed by atoms with Crippen molar-refractivity contribution in [3.63, 3.8) is 0 Å². The quantitative estimate of drug-likeness (QED) is 0.786. The molecule has 1 aromatic heterocycles. The Bertz CT molecular complexity index is 613. The summed E-state index contributed by atoms with van der Waals surface area (Å²) in [7, 11) is 1.56. The number of benzene rings is 1. The molecule has 2 aromatic rings. The van der Waals surface area contributed by atoms with E-state index in [1.165, 1.54) is 6.07 Å². The average molecular weight is 262 g/mol. The first kappa shape index (κ1) is 13.1. The van der Waals surface area contributed by atoms with E-state index in [-0.39, 0.29) is 11.6 Å². The number of fused-ring (bicyclic) bond motifs is 1. The summed E-state index contributed by atoms with van der Waals surface area (Å²) in [5.74, 6) is -0.483. The molecule has 0 atom stereocenters. The third-order valence-corrected chi connectivity index (χ3v) is 2.57. The van der Waals surface area contributed by atoms with E-state index in [1.807, 2.05) is 0 Å². The van der Waals surface area contributed by atoms with Crippen LogP contribution in [0, 0.1) is 0 Å². The van der Waals surface area contributed by atoms with E-state index in [0.717, 1.165) is 0 Å². The second kappa shape index (κ2) is 5.53. The summed E-state index contributed by atoms with van der Waals surface area (Å²) >= 11 is 0. The molecular weight excluding hydrogens is 248 g/mol. The van der Waals surface area contributed by atoms with Gasteiger partial charge in [-0.05, 0) is 24.3 Å². The minimum absolute atomic E-state index is 0.0924. The summed E-state index contributed by atoms with van der Waals surface area (Å²) in [6.45, 7) is 0.696. The number of rotatable bonds is 5. The van der Waals surface area contributed by atoms with Crippen LogP contribution in [-0.4, -0.2) is 36.3 Å². The van der Waals surface area contributed by atoms with Gasteiger partial charge in [0.15, 0.2) is 5.75 Å². The number of ether oxygens (including phenoxy) is 2. The molecule has 6 nitrogen and oxygen atoms in total. The highest BCUT2D eigenvalue weighted by atomic mass is 16.5. The Kier molecular flexibility index (Phi) is 3.82. The van der Waals surface area contributed by atoms with E-state index in [9.17, 15) is 9.90 Å². The maximum Gasteiger partial charge on any atom is 0.257 e. The summed E-state index contributed by atoms with van der Waals surface area (Å²) in [6, 6.07) is 6.28. The molecule has 0 spiro atoms. The third-order valence-electron chi connectivity index (χ3n) is 2.57. The number of amides is 1. The second-order valence-electron chi connectivity index (χ2n) is 3.93. The van der Waals surface area contributed by atoms with Crippen LogP contribution < -0.4 is 10.5 Å². The summed E-state index contributed by atoms with van der Waals surface area (Å²) in [4.78, 5) is 15.2. The molecule has 19 heavy (non-hydrogen) atoms. The van der Waals surface area contributed by atoms with Crippen LogP contribution in [0.1, 0.15) is 10.4 Å². The van der Waals surface area contributed by atoms with Crippen molar-refractivity contribution < 1.29 is 19.4 Å². The van der Waals surface area contributed by atoms with Gasteiger partial charge >= 0.3 is 0 Å². The van der Waals surface area contributed by atoms with Crippen LogP contribution in [0.4, 0.5) is 0 Å². The summed E-state index contributed by atoms with van der Waals surface area (Å²) in [6.07, 6.45) is 0. The lowest BCUT2D eigenvalue weighted by Crippen LogP contribution is -2.10. The van der Waals surface area contributed by atoms with Gasteiger partial charge < -0.3 is 20.3 Å². The zero-order valence-electron chi connectivity index (χ0n) is 10.4. The molecule has 0 saturated carbocycles. The van der Waals surface area contributed by atoms with Crippen molar-refractivity contribution in [2.45, 2.75) is 0 Å². The standard InChI is InChI=1S/C13H14N2O4/c1-18-4-5-19-13-11(16)7-9-6-8(12(14)17)2-3-10(9)15-13/h2-3,6-7,16H,4-5H2,1H3,(H2,14,17). The number of carbonyl (C=O) groups excluding carboxylic acids is 1. The van der Waals surface area contributed by atoms with Gasteiger partial charge in [-0.25, -0.2) is 4.98 Å². The SMILES string of the molecule is COCCOc1nc2ccc(C(N)=O)cc2cc1O. The van der Waals surface area contributed by atoms with Gasteiger partial charge in [-0.15, -0.1) is 0 Å². The van der Waals surface area contributed by atoms with E-state index in [4.69, 9.17) is 15.2 Å². The molecule has 1 aromatic carbocycles. The number of hydrogen-bond donors (Lipinski definition) is 2. The Hall–Kier alpha value is -2.34. The van der Waals surface area contributed by atoms with Crippen molar-refractivity contribution >= 4 is 16.8 Å². The Morgan fingerprint density at radius 3 is 2.84 bits per heavy atom. The number of methoxy groups -OCH3 is 1. The zero-order valence-corrected chi connectivity index (χ0v) is 10.4. The number of aromatic nitrogens is 1. The highest BCUT2D eigenvalue weighted by Gasteiger charge is 2.09. The van der Waals surface area contributed by atoms with E-state index < -0.39 is 5.91 Å². The summed E-state index contributed by atoms with van der Waals surface area (Å²) in [5.41, 5.74) is 6.16. The van der Waals surface area contributed by atoms with Crippen LogP contribution in [0.5, 0.6) is 11.6 Å². The lowest BCUT2D eigenvalue weighted by atomic mass is 10.1. The predicted octanol–water partition coefficient (Wildman–Crippen LogP) is 1.06. The van der Waals surface area contributed by atoms with Gasteiger partial charge in [0.1, 0.15) is 6.61 Å². The molecule has 3 N–H and O–H groups in total. The van der Waals surface area contributed by atoms with Gasteiger partial charge in [-0.3, -0.25) is 4.79 Å². The smallest absolute Gasteiger partial charge is 0.257 e. The third kappa shape index (κ3) is 2.92. The predicted molar refractivity (Wildman–Crippen MR) is 69.3 cm³/mol. The zero-order chi connectivity index (χ0) is 13.8. The number of pyridine rings is 1. The van der Waals surface area contributed by atoms with Gasteiger partial charge in [0.2, 0.25) is 5.91 Å². The van der Waals surface area contributed by atoms with Crippen molar-refractivity contribution in [2.75, 3.05) is 20.3 Å². The molecule has 1 heterocycles. The minimum atomic E-state index is -0.526. The molecule has 0 fully saturated rings. The molecule has 0 unspecified atom stereocenters. The fourth-order valence-corrected chi connectivity index (χ4v) is 1.63. The molecule has 0 aliphatic carbocycles. The van der Waals surface area contributed by atoms with E-state index in [0.29, 0.717) is 29.7 Å². The molecule has 1 amide bonds. The molecule has 0 aliphatic rings. The first-order valence-electron chi connectivity index (χ1n) is 5.67. The maximum absolute atomic E-state index is 11.1. The maximum atomic E-state index is 11.1. The van der Waals surface area contributed by atoms with E-state index in [2.05, 4.69) is 4.98 Å². The fourth-order valence-electron chi connectivity index (χ4n) is 1.63.